The van der Waals surface area contributed by atoms with Crippen LogP contribution in [0.5, 0.6) is 0 Å². The van der Waals surface area contributed by atoms with E-state index in [2.05, 4.69) is 52.2 Å². The lowest BCUT2D eigenvalue weighted by Crippen LogP contribution is -2.61. The summed E-state index contributed by atoms with van der Waals surface area (Å²) in [5.41, 5.74) is 19.1. The van der Waals surface area contributed by atoms with Crippen molar-refractivity contribution < 1.29 is 43.5 Å². The maximum atomic E-state index is 14.5. The molecule has 3 aromatic rings. The second-order valence-electron chi connectivity index (χ2n) is 18.2. The van der Waals surface area contributed by atoms with Gasteiger partial charge in [-0.1, -0.05) is 70.2 Å². The Morgan fingerprint density at radius 1 is 0.746 bits per heavy atom. The van der Waals surface area contributed by atoms with Crippen LogP contribution in [0.4, 0.5) is 5.69 Å². The largest absolute Gasteiger partial charge is 0.480 e. The highest BCUT2D eigenvalue weighted by Crippen LogP contribution is 2.21. The van der Waals surface area contributed by atoms with E-state index in [-0.39, 0.29) is 57.7 Å². The van der Waals surface area contributed by atoms with Gasteiger partial charge in [0.2, 0.25) is 41.4 Å². The van der Waals surface area contributed by atoms with E-state index < -0.39 is 101 Å². The summed E-state index contributed by atoms with van der Waals surface area (Å²) in [6.45, 7) is 7.03. The lowest BCUT2D eigenvalue weighted by Gasteiger charge is -2.31. The standard InChI is InChI=1S/C48H70N14O9/c1-27(2)39(60-41(64)33(56-38(63)25-52-5)13-9-19-54-48(50)51)44(67)57-34(21-30-15-17-31(49)18-16-30)42(65)61-40(28(3)4)45(68)58-35(23-32-24-53-26-55-32)46(69)62-20-10-14-37(62)43(66)59-36(47(70)71)22-29-11-7-6-8-12-29/h6-8,11-12,15-18,24,26-28,33-37,39-40,52H,9-10,13-14,19-23,25,49H2,1-5H3,(H,53,55)(H,56,63)(H,57,67)(H,58,68)(H,59,66)(H,60,64)(H,61,65)(H,70,71)(H4,50,51,54)/t33-,34-,35-,36-,37+,39-,40-/m0/s1. The van der Waals surface area contributed by atoms with Gasteiger partial charge >= 0.3 is 5.97 Å². The molecule has 0 spiro atoms. The number of carboxylic acids is 1. The normalized spacial score (nSPS) is 15.8. The van der Waals surface area contributed by atoms with Crippen LogP contribution in [0.15, 0.2) is 72.1 Å². The monoisotopic (exact) mass is 987 g/mol. The number of aliphatic imine (C=N–C) groups is 1. The molecule has 2 aromatic carbocycles. The number of amides is 7. The van der Waals surface area contributed by atoms with Crippen molar-refractivity contribution in [2.45, 2.75) is 115 Å². The SMILES string of the molecule is CNCC(=O)N[C@@H](CCCN=C(N)N)C(=O)N[C@H](C(=O)N[C@@H](Cc1ccc(N)cc1)C(=O)N[C@H](C(=O)N[C@@H](Cc1cnc[nH]1)C(=O)N1CCC[C@@H]1C(=O)N[C@@H](Cc1ccccc1)C(=O)O)C(C)C)C(C)C. The predicted molar refractivity (Wildman–Crippen MR) is 264 cm³/mol. The molecular formula is C48H70N14O9. The highest BCUT2D eigenvalue weighted by Gasteiger charge is 2.41. The van der Waals surface area contributed by atoms with Gasteiger partial charge in [-0.25, -0.2) is 9.78 Å². The third kappa shape index (κ3) is 17.7. The van der Waals surface area contributed by atoms with Crippen LogP contribution in [0.3, 0.4) is 0 Å². The molecule has 2 heterocycles. The number of nitrogens with zero attached hydrogens (tertiary/aromatic N) is 3. The fourth-order valence-corrected chi connectivity index (χ4v) is 8.01. The molecule has 0 bridgehead atoms. The molecule has 1 aromatic heterocycles. The molecule has 23 nitrogen and oxygen atoms in total. The number of aliphatic carboxylic acids is 1. The van der Waals surface area contributed by atoms with E-state index in [1.807, 2.05) is 0 Å². The van der Waals surface area contributed by atoms with Gasteiger partial charge in [-0.2, -0.15) is 0 Å². The Labute approximate surface area is 413 Å². The number of aromatic nitrogens is 2. The van der Waals surface area contributed by atoms with Crippen LogP contribution in [0.2, 0.25) is 0 Å². The number of aromatic amines is 1. The van der Waals surface area contributed by atoms with Crippen molar-refractivity contribution in [2.24, 2.45) is 28.3 Å². The number of hydrogen-bond donors (Lipinski definition) is 12. The van der Waals surface area contributed by atoms with E-state index in [1.165, 1.54) is 17.4 Å². The molecule has 71 heavy (non-hydrogen) atoms. The molecule has 1 fully saturated rings. The van der Waals surface area contributed by atoms with E-state index in [4.69, 9.17) is 17.2 Å². The number of carbonyl (C=O) groups excluding carboxylic acids is 7. The highest BCUT2D eigenvalue weighted by molar-refractivity contribution is 5.98. The number of carboxylic acid groups (broad SMARTS) is 1. The summed E-state index contributed by atoms with van der Waals surface area (Å²) < 4.78 is 0. The average molecular weight is 987 g/mol. The van der Waals surface area contributed by atoms with E-state index in [0.717, 1.165) is 0 Å². The van der Waals surface area contributed by atoms with Gasteiger partial charge in [0.05, 0.1) is 12.9 Å². The van der Waals surface area contributed by atoms with Crippen molar-refractivity contribution in [3.05, 3.63) is 83.9 Å². The van der Waals surface area contributed by atoms with Crippen LogP contribution < -0.4 is 54.4 Å². The molecule has 386 valence electrons. The number of nitrogens with one attached hydrogen (secondary N) is 8. The minimum atomic E-state index is -1.31. The number of benzene rings is 2. The lowest BCUT2D eigenvalue weighted by molar-refractivity contribution is -0.145. The molecule has 23 heteroatoms. The van der Waals surface area contributed by atoms with Crippen LogP contribution in [0.1, 0.15) is 70.2 Å². The number of nitrogen functional groups attached to an aromatic ring is 1. The summed E-state index contributed by atoms with van der Waals surface area (Å²) in [5, 5.41) is 29.1. The zero-order valence-electron chi connectivity index (χ0n) is 40.9. The van der Waals surface area contributed by atoms with Crippen molar-refractivity contribution >= 4 is 59.0 Å². The Balaban J connectivity index is 1.56. The van der Waals surface area contributed by atoms with Crippen molar-refractivity contribution in [1.82, 2.24) is 52.1 Å². The fourth-order valence-electron chi connectivity index (χ4n) is 8.01. The van der Waals surface area contributed by atoms with E-state index in [0.29, 0.717) is 35.3 Å². The molecule has 7 amide bonds. The number of rotatable bonds is 27. The molecular weight excluding hydrogens is 917 g/mol. The van der Waals surface area contributed by atoms with Gasteiger partial charge in [-0.05, 0) is 67.8 Å². The summed E-state index contributed by atoms with van der Waals surface area (Å²) in [5.74, 6) is -7.05. The van der Waals surface area contributed by atoms with Crippen LogP contribution in [0, 0.1) is 11.8 Å². The van der Waals surface area contributed by atoms with E-state index in [9.17, 15) is 43.5 Å². The fraction of sp³-hybridized carbons (Fsp3) is 0.500. The Kier molecular flexibility index (Phi) is 21.8. The average Bonchev–Trinajstić information content (AvgIpc) is 4.04. The third-order valence-electron chi connectivity index (χ3n) is 11.8. The molecule has 0 aliphatic carbocycles. The summed E-state index contributed by atoms with van der Waals surface area (Å²) in [4.78, 5) is 122. The summed E-state index contributed by atoms with van der Waals surface area (Å²) in [7, 11) is 1.57. The minimum absolute atomic E-state index is 0.0190. The van der Waals surface area contributed by atoms with Gasteiger partial charge in [-0.3, -0.25) is 38.6 Å². The lowest BCUT2D eigenvalue weighted by atomic mass is 9.98. The van der Waals surface area contributed by atoms with Crippen molar-refractivity contribution in [3.8, 4) is 0 Å². The first-order chi connectivity index (χ1) is 33.8. The highest BCUT2D eigenvalue weighted by atomic mass is 16.4. The molecule has 4 rings (SSSR count). The molecule has 0 unspecified atom stereocenters. The van der Waals surface area contributed by atoms with Crippen molar-refractivity contribution in [2.75, 3.05) is 32.4 Å². The topological polar surface area (TPSA) is 363 Å². The Bertz CT molecular complexity index is 2290. The van der Waals surface area contributed by atoms with E-state index in [1.54, 1.807) is 89.3 Å². The number of imidazole rings is 1. The van der Waals surface area contributed by atoms with E-state index >= 15 is 0 Å². The molecule has 1 aliphatic heterocycles. The number of guanidine groups is 1. The van der Waals surface area contributed by atoms with Crippen molar-refractivity contribution in [1.29, 1.82) is 0 Å². The number of likely N-dealkylation sites (N-methyl/N-ethyl adjacent to an activating group) is 1. The number of carbonyl (C=O) groups is 8. The van der Waals surface area contributed by atoms with Gasteiger partial charge in [0.25, 0.3) is 0 Å². The van der Waals surface area contributed by atoms with Crippen LogP contribution >= 0.6 is 0 Å². The zero-order valence-corrected chi connectivity index (χ0v) is 40.9. The second kappa shape index (κ2) is 27.6. The van der Waals surface area contributed by atoms with Crippen LogP contribution in [-0.2, 0) is 57.6 Å². The molecule has 7 atom stereocenters. The molecule has 0 radical (unpaired) electrons. The summed E-state index contributed by atoms with van der Waals surface area (Å²) in [6, 6.07) is 7.02. The van der Waals surface area contributed by atoms with Crippen LogP contribution in [0.25, 0.3) is 0 Å². The van der Waals surface area contributed by atoms with Gasteiger partial charge in [0, 0.05) is 49.9 Å². The molecule has 1 aliphatic rings. The third-order valence-corrected chi connectivity index (χ3v) is 11.8. The summed E-state index contributed by atoms with van der Waals surface area (Å²) >= 11 is 0. The molecule has 15 N–H and O–H groups in total. The smallest absolute Gasteiger partial charge is 0.326 e. The Hall–Kier alpha value is -7.56. The first-order valence-corrected chi connectivity index (χ1v) is 23.7. The quantitative estimate of drug-likeness (QED) is 0.0181. The Morgan fingerprint density at radius 2 is 1.34 bits per heavy atom. The van der Waals surface area contributed by atoms with Gasteiger partial charge < -0.3 is 69.4 Å². The van der Waals surface area contributed by atoms with Gasteiger partial charge in [0.1, 0.15) is 42.3 Å². The summed E-state index contributed by atoms with van der Waals surface area (Å²) in [6.07, 6.45) is 3.91. The zero-order chi connectivity index (χ0) is 52.2. The van der Waals surface area contributed by atoms with Gasteiger partial charge in [0.15, 0.2) is 5.96 Å². The van der Waals surface area contributed by atoms with Crippen molar-refractivity contribution in [3.63, 3.8) is 0 Å². The maximum absolute atomic E-state index is 14.5. The van der Waals surface area contributed by atoms with Gasteiger partial charge in [-0.15, -0.1) is 0 Å². The predicted octanol–water partition coefficient (Wildman–Crippen LogP) is -1.41. The number of anilines is 1. The number of hydrogen-bond acceptors (Lipinski definition) is 12. The molecule has 0 saturated carbocycles. The number of H-pyrrole nitrogens is 1. The van der Waals surface area contributed by atoms with Crippen LogP contribution in [-0.4, -0.2) is 142 Å². The maximum Gasteiger partial charge on any atom is 0.326 e. The minimum Gasteiger partial charge on any atom is -0.480 e. The first-order valence-electron chi connectivity index (χ1n) is 23.7. The number of nitrogens with two attached hydrogens (primary N) is 3. The Morgan fingerprint density at radius 3 is 1.90 bits per heavy atom. The molecule has 1 saturated heterocycles. The first kappa shape index (κ1) is 56.0. The number of likely N-dealkylation sites (tertiary alicyclic amines) is 1. The second-order valence-corrected chi connectivity index (χ2v) is 18.2.